The molecule has 3 aromatic rings. The quantitative estimate of drug-likeness (QED) is 0.294. The van der Waals surface area contributed by atoms with E-state index in [2.05, 4.69) is 20.9 Å². The maximum absolute atomic E-state index is 11.7. The summed E-state index contributed by atoms with van der Waals surface area (Å²) < 4.78 is 8.35. The minimum Gasteiger partial charge on any atom is -0.477 e. The van der Waals surface area contributed by atoms with E-state index in [1.165, 1.54) is 0 Å². The van der Waals surface area contributed by atoms with Crippen molar-refractivity contribution in [1.82, 2.24) is 14.5 Å². The van der Waals surface area contributed by atoms with Gasteiger partial charge in [0, 0.05) is 33.3 Å². The number of para-hydroxylation sites is 1. The Morgan fingerprint density at radius 3 is 2.70 bits per heavy atom. The molecule has 0 saturated carbocycles. The van der Waals surface area contributed by atoms with Gasteiger partial charge < -0.3 is 19.8 Å². The fraction of sp³-hybridized carbons (Fsp3) is 0.160. The molecule has 166 valence electrons. The van der Waals surface area contributed by atoms with E-state index in [1.54, 1.807) is 18.6 Å². The first kappa shape index (κ1) is 21.2. The molecule has 3 heterocycles. The third kappa shape index (κ3) is 3.38. The molecule has 1 aromatic carbocycles. The van der Waals surface area contributed by atoms with Crippen LogP contribution in [0.25, 0.3) is 33.4 Å². The number of pyridine rings is 1. The molecule has 33 heavy (non-hydrogen) atoms. The summed E-state index contributed by atoms with van der Waals surface area (Å²) in [6.07, 6.45) is 4.04. The van der Waals surface area contributed by atoms with E-state index in [1.807, 2.05) is 48.7 Å². The summed E-state index contributed by atoms with van der Waals surface area (Å²) in [5.41, 5.74) is 13.9. The van der Waals surface area contributed by atoms with Gasteiger partial charge >= 0.3 is 5.97 Å². The zero-order chi connectivity index (χ0) is 23.3. The number of carboxylic acids is 1. The number of imidazole rings is 1. The number of nitrogens with zero attached hydrogens (tertiary/aromatic N) is 3. The van der Waals surface area contributed by atoms with E-state index < -0.39 is 5.97 Å². The van der Waals surface area contributed by atoms with Crippen molar-refractivity contribution in [3.63, 3.8) is 0 Å². The summed E-state index contributed by atoms with van der Waals surface area (Å²) in [6.45, 7) is 4.34. The minimum atomic E-state index is -1.06. The Morgan fingerprint density at radius 2 is 1.97 bits per heavy atom. The fourth-order valence-electron chi connectivity index (χ4n) is 4.36. The van der Waals surface area contributed by atoms with Crippen LogP contribution in [0.4, 0.5) is 5.69 Å². The molecule has 0 bridgehead atoms. The molecule has 1 aliphatic carbocycles. The predicted molar refractivity (Wildman–Crippen MR) is 131 cm³/mol. The number of anilines is 1. The van der Waals surface area contributed by atoms with Gasteiger partial charge in [0.25, 0.3) is 0 Å². The van der Waals surface area contributed by atoms with Crippen LogP contribution in [-0.4, -0.2) is 25.6 Å². The van der Waals surface area contributed by atoms with Crippen molar-refractivity contribution in [2.75, 3.05) is 5.73 Å². The van der Waals surface area contributed by atoms with Crippen molar-refractivity contribution in [3.8, 4) is 22.3 Å². The van der Waals surface area contributed by atoms with Gasteiger partial charge in [-0.2, -0.15) is 0 Å². The second-order valence-electron chi connectivity index (χ2n) is 7.91. The van der Waals surface area contributed by atoms with Gasteiger partial charge in [0.15, 0.2) is 11.3 Å². The second kappa shape index (κ2) is 8.04. The molecule has 2 aliphatic rings. The highest BCUT2D eigenvalue weighted by atomic mass is 79.9. The molecule has 0 amide bonds. The van der Waals surface area contributed by atoms with Crippen molar-refractivity contribution in [2.24, 2.45) is 0 Å². The monoisotopic (exact) mass is 504 g/mol. The first-order valence-electron chi connectivity index (χ1n) is 10.5. The predicted octanol–water partition coefficient (Wildman–Crippen LogP) is 5.76. The van der Waals surface area contributed by atoms with E-state index in [9.17, 15) is 9.90 Å². The smallest absolute Gasteiger partial charge is 0.354 e. The molecule has 0 spiro atoms. The van der Waals surface area contributed by atoms with Crippen LogP contribution in [0.5, 0.6) is 0 Å². The van der Waals surface area contributed by atoms with Gasteiger partial charge in [0.1, 0.15) is 11.3 Å². The number of rotatable bonds is 5. The Balaban J connectivity index is 1.80. The van der Waals surface area contributed by atoms with Gasteiger partial charge in [-0.3, -0.25) is 0 Å². The number of carboxylic acid groups (broad SMARTS) is 1. The molecular formula is C25H21BrN4O3. The molecule has 0 fully saturated rings. The van der Waals surface area contributed by atoms with Crippen molar-refractivity contribution < 1.29 is 14.3 Å². The molecule has 0 unspecified atom stereocenters. The zero-order valence-corrected chi connectivity index (χ0v) is 19.7. The lowest BCUT2D eigenvalue weighted by Gasteiger charge is -2.13. The van der Waals surface area contributed by atoms with Gasteiger partial charge in [-0.05, 0) is 57.7 Å². The lowest BCUT2D eigenvalue weighted by molar-refractivity contribution is 0.0690. The molecule has 2 aromatic heterocycles. The average Bonchev–Trinajstić information content (AvgIpc) is 3.30. The highest BCUT2D eigenvalue weighted by Crippen LogP contribution is 2.47. The van der Waals surface area contributed by atoms with Crippen molar-refractivity contribution >= 4 is 38.8 Å². The molecule has 3 N–H and O–H groups in total. The fourth-order valence-corrected chi connectivity index (χ4v) is 5.12. The van der Waals surface area contributed by atoms with Crippen molar-refractivity contribution in [2.45, 2.75) is 26.8 Å². The van der Waals surface area contributed by atoms with Gasteiger partial charge in [0.05, 0.1) is 19.1 Å². The molecule has 0 saturated heterocycles. The molecule has 8 heteroatoms. The third-order valence-corrected chi connectivity index (χ3v) is 6.75. The summed E-state index contributed by atoms with van der Waals surface area (Å²) in [4.78, 5) is 20.9. The number of hydrogen-bond donors (Lipinski definition) is 2. The van der Waals surface area contributed by atoms with Crippen LogP contribution >= 0.6 is 15.9 Å². The normalized spacial score (nSPS) is 11.5. The van der Waals surface area contributed by atoms with Gasteiger partial charge in [0.2, 0.25) is 0 Å². The molecule has 0 radical (unpaired) electrons. The number of aromatic nitrogens is 3. The number of halogens is 1. The zero-order valence-electron chi connectivity index (χ0n) is 18.1. The molecule has 7 nitrogen and oxygen atoms in total. The van der Waals surface area contributed by atoms with Gasteiger partial charge in [-0.1, -0.05) is 25.1 Å². The highest BCUT2D eigenvalue weighted by Gasteiger charge is 2.26. The summed E-state index contributed by atoms with van der Waals surface area (Å²) in [7, 11) is 0. The lowest BCUT2D eigenvalue weighted by atomic mass is 10.0. The summed E-state index contributed by atoms with van der Waals surface area (Å²) >= 11 is 3.77. The van der Waals surface area contributed by atoms with Crippen LogP contribution in [-0.2, 0) is 13.0 Å². The van der Waals surface area contributed by atoms with Crippen LogP contribution in [0, 0.1) is 6.92 Å². The van der Waals surface area contributed by atoms with Crippen molar-refractivity contribution in [1.29, 1.82) is 0 Å². The Morgan fingerprint density at radius 1 is 1.18 bits per heavy atom. The number of fused-ring (bicyclic) bond motifs is 2. The number of nitrogens with two attached hydrogens (primary N) is 1. The highest BCUT2D eigenvalue weighted by molar-refractivity contribution is 9.10. The number of aryl methyl sites for hydroxylation is 2. The lowest BCUT2D eigenvalue weighted by Crippen LogP contribution is -2.08. The molecule has 5 rings (SSSR count). The summed E-state index contributed by atoms with van der Waals surface area (Å²) in [5.74, 6) is -0.229. The maximum Gasteiger partial charge on any atom is 0.354 e. The number of nitrogen functional groups attached to an aromatic ring is 1. The number of benzene rings is 1. The van der Waals surface area contributed by atoms with Crippen LogP contribution < -0.4 is 5.73 Å². The topological polar surface area (TPSA) is 107 Å². The number of aromatic carboxylic acids is 1. The summed E-state index contributed by atoms with van der Waals surface area (Å²) in [5, 5.41) is 9.56. The number of hydrogen-bond acceptors (Lipinski definition) is 5. The Hall–Kier alpha value is -3.65. The minimum absolute atomic E-state index is 0.00340. The van der Waals surface area contributed by atoms with Gasteiger partial charge in [-0.25, -0.2) is 14.8 Å². The van der Waals surface area contributed by atoms with E-state index in [-0.39, 0.29) is 5.69 Å². The second-order valence-corrected chi connectivity index (χ2v) is 8.70. The first-order chi connectivity index (χ1) is 15.9. The van der Waals surface area contributed by atoms with Crippen LogP contribution in [0.3, 0.4) is 0 Å². The Kier molecular flexibility index (Phi) is 5.17. The van der Waals surface area contributed by atoms with Crippen molar-refractivity contribution in [3.05, 3.63) is 76.0 Å². The number of carbonyl (C=O) groups is 1. The van der Waals surface area contributed by atoms with E-state index in [4.69, 9.17) is 15.1 Å². The van der Waals surface area contributed by atoms with E-state index in [0.717, 1.165) is 43.7 Å². The molecule has 1 aliphatic heterocycles. The van der Waals surface area contributed by atoms with E-state index >= 15 is 0 Å². The SMILES string of the molecule is CCc1nc2c(C)cc(C(=O)O)nc2n1Cc1c2ccocc-2c(Br)c1-c1ccccc1N. The summed E-state index contributed by atoms with van der Waals surface area (Å²) in [6, 6.07) is 11.2. The van der Waals surface area contributed by atoms with Gasteiger partial charge in [-0.15, -0.1) is 0 Å². The average molecular weight is 505 g/mol. The Bertz CT molecular complexity index is 1500. The third-order valence-electron chi connectivity index (χ3n) is 5.93. The van der Waals surface area contributed by atoms with E-state index in [0.29, 0.717) is 29.8 Å². The molecule has 0 atom stereocenters. The first-order valence-corrected chi connectivity index (χ1v) is 11.3. The largest absolute Gasteiger partial charge is 0.477 e. The maximum atomic E-state index is 11.7. The van der Waals surface area contributed by atoms with Crippen LogP contribution in [0.2, 0.25) is 0 Å². The molecular weight excluding hydrogens is 484 g/mol. The standard InChI is InChI=1S/C25H21BrN4O3/c1-3-20-29-23-13(2)10-19(25(31)32)28-24(23)30(20)11-16-14-8-9-33-12-17(14)22(26)21(16)15-6-4-5-7-18(15)27/h4-10,12H,3,11,27H2,1-2H3,(H,31,32). The Labute approximate surface area is 198 Å². The van der Waals surface area contributed by atoms with Crippen LogP contribution in [0.1, 0.15) is 34.4 Å². The van der Waals surface area contributed by atoms with Crippen LogP contribution in [0.15, 0.2) is 57.8 Å².